The van der Waals surface area contributed by atoms with Crippen molar-refractivity contribution >= 4 is 0 Å². The summed E-state index contributed by atoms with van der Waals surface area (Å²) in [6.07, 6.45) is 1.44. The van der Waals surface area contributed by atoms with Crippen LogP contribution < -0.4 is 0 Å². The van der Waals surface area contributed by atoms with Crippen LogP contribution in [0.15, 0.2) is 22.1 Å². The molecule has 0 bridgehead atoms. The Kier molecular flexibility index (Phi) is 2.86. The van der Waals surface area contributed by atoms with Crippen LogP contribution >= 0.6 is 0 Å². The first-order valence-electron chi connectivity index (χ1n) is 4.74. The van der Waals surface area contributed by atoms with Gasteiger partial charge in [-0.2, -0.15) is 15.3 Å². The van der Waals surface area contributed by atoms with Crippen LogP contribution in [0.2, 0.25) is 0 Å². The fourth-order valence-corrected chi connectivity index (χ4v) is 1.76. The van der Waals surface area contributed by atoms with Crippen LogP contribution in [-0.4, -0.2) is 38.8 Å². The number of hydrogen-bond acceptors (Lipinski definition) is 6. The first-order valence-corrected chi connectivity index (χ1v) is 4.74. The van der Waals surface area contributed by atoms with E-state index in [9.17, 15) is 10.4 Å². The second kappa shape index (κ2) is 3.55. The molecule has 0 amide bonds. The molecule has 1 aliphatic heterocycles. The molecule has 1 rings (SSSR count). The molecule has 0 spiro atoms. The Morgan fingerprint density at radius 1 is 1.20 bits per heavy atom. The highest BCUT2D eigenvalue weighted by Crippen LogP contribution is 2.41. The van der Waals surface area contributed by atoms with Gasteiger partial charge in [-0.15, -0.1) is 0 Å². The third kappa shape index (κ3) is 1.64. The summed E-state index contributed by atoms with van der Waals surface area (Å²) in [7, 11) is 1.54. The minimum atomic E-state index is -0.876. The molecule has 6 nitrogen and oxygen atoms in total. The van der Waals surface area contributed by atoms with Gasteiger partial charge in [-0.3, -0.25) is 5.21 Å². The molecule has 0 atom stereocenters. The first kappa shape index (κ1) is 12.1. The average Bonchev–Trinajstić information content (AvgIpc) is 2.25. The molecule has 6 heteroatoms. The second-order valence-corrected chi connectivity index (χ2v) is 4.51. The van der Waals surface area contributed by atoms with Gasteiger partial charge in [0.1, 0.15) is 5.66 Å². The topological polar surface area (TPSA) is 71.7 Å². The lowest BCUT2D eigenvalue weighted by Gasteiger charge is -2.33. The van der Waals surface area contributed by atoms with Crippen LogP contribution in [0, 0.1) is 0 Å². The van der Waals surface area contributed by atoms with Crippen LogP contribution in [0.4, 0.5) is 0 Å². The molecule has 0 aromatic heterocycles. The summed E-state index contributed by atoms with van der Waals surface area (Å²) >= 11 is 0. The van der Waals surface area contributed by atoms with E-state index in [2.05, 4.69) is 10.2 Å². The smallest absolute Gasteiger partial charge is 0.136 e. The zero-order valence-electron chi connectivity index (χ0n) is 9.76. The number of rotatable bonds is 1. The van der Waals surface area contributed by atoms with Crippen molar-refractivity contribution in [1.82, 2.24) is 10.1 Å². The van der Waals surface area contributed by atoms with Gasteiger partial charge >= 0.3 is 0 Å². The van der Waals surface area contributed by atoms with Crippen LogP contribution in [0.5, 0.6) is 0 Å². The standard InChI is InChI=1S/C9H18N4O2/c1-8(2)7(6-11-10-5)12(14)9(3,4)13(8)15/h6,14-15H,1-5H3/b7-6-,11-10?. The Bertz CT molecular complexity index is 309. The fraction of sp³-hybridized carbons (Fsp3) is 0.778. The van der Waals surface area contributed by atoms with E-state index in [-0.39, 0.29) is 0 Å². The van der Waals surface area contributed by atoms with Crippen LogP contribution in [-0.2, 0) is 0 Å². The van der Waals surface area contributed by atoms with Crippen molar-refractivity contribution in [1.29, 1.82) is 0 Å². The van der Waals surface area contributed by atoms with Gasteiger partial charge < -0.3 is 5.21 Å². The summed E-state index contributed by atoms with van der Waals surface area (Å²) in [5, 5.41) is 29.3. The summed E-state index contributed by atoms with van der Waals surface area (Å²) in [4.78, 5) is 0. The van der Waals surface area contributed by atoms with Crippen molar-refractivity contribution in [3.05, 3.63) is 11.9 Å². The molecule has 0 aromatic rings. The number of hydroxylamine groups is 4. The Balaban J connectivity index is 3.19. The van der Waals surface area contributed by atoms with Gasteiger partial charge in [-0.25, -0.2) is 5.06 Å². The Morgan fingerprint density at radius 3 is 2.07 bits per heavy atom. The summed E-state index contributed by atoms with van der Waals surface area (Å²) in [5.41, 5.74) is -1.08. The average molecular weight is 214 g/mol. The summed E-state index contributed by atoms with van der Waals surface area (Å²) in [5.74, 6) is 0. The highest BCUT2D eigenvalue weighted by atomic mass is 16.6. The van der Waals surface area contributed by atoms with Crippen LogP contribution in [0.25, 0.3) is 0 Å². The number of hydrogen-bond donors (Lipinski definition) is 2. The molecular weight excluding hydrogens is 196 g/mol. The maximum absolute atomic E-state index is 9.94. The fourth-order valence-electron chi connectivity index (χ4n) is 1.76. The molecule has 1 fully saturated rings. The molecule has 0 aromatic carbocycles. The van der Waals surface area contributed by atoms with Gasteiger partial charge in [0.2, 0.25) is 0 Å². The minimum absolute atomic E-state index is 0.501. The molecule has 15 heavy (non-hydrogen) atoms. The highest BCUT2D eigenvalue weighted by Gasteiger charge is 2.53. The highest BCUT2D eigenvalue weighted by molar-refractivity contribution is 5.21. The van der Waals surface area contributed by atoms with Gasteiger partial charge in [0.25, 0.3) is 0 Å². The quantitative estimate of drug-likeness (QED) is 0.653. The van der Waals surface area contributed by atoms with E-state index >= 15 is 0 Å². The predicted octanol–water partition coefficient (Wildman–Crippen LogP) is 1.82. The van der Waals surface area contributed by atoms with E-state index in [1.807, 2.05) is 0 Å². The third-order valence-electron chi connectivity index (χ3n) is 2.72. The molecule has 0 unspecified atom stereocenters. The van der Waals surface area contributed by atoms with Gasteiger partial charge in [-0.05, 0) is 27.7 Å². The molecular formula is C9H18N4O2. The van der Waals surface area contributed by atoms with Gasteiger partial charge in [0, 0.05) is 7.05 Å². The number of nitrogens with zero attached hydrogens (tertiary/aromatic N) is 4. The monoisotopic (exact) mass is 214 g/mol. The van der Waals surface area contributed by atoms with Crippen molar-refractivity contribution in [2.24, 2.45) is 10.2 Å². The minimum Gasteiger partial charge on any atom is -0.311 e. The Labute approximate surface area is 89.4 Å². The van der Waals surface area contributed by atoms with E-state index in [1.54, 1.807) is 34.7 Å². The SMILES string of the molecule is CN=N/C=C1\N(O)C(C)(C)N(O)C1(C)C. The number of azo groups is 1. The van der Waals surface area contributed by atoms with Crippen LogP contribution in [0.3, 0.4) is 0 Å². The van der Waals surface area contributed by atoms with Gasteiger partial charge in [0.15, 0.2) is 0 Å². The Hall–Kier alpha value is -0.980. The van der Waals surface area contributed by atoms with Crippen LogP contribution in [0.1, 0.15) is 27.7 Å². The Morgan fingerprint density at radius 2 is 1.73 bits per heavy atom. The molecule has 0 saturated carbocycles. The van der Waals surface area contributed by atoms with Gasteiger partial charge in [-0.1, -0.05) is 0 Å². The molecule has 0 aliphatic carbocycles. The van der Waals surface area contributed by atoms with Crippen molar-refractivity contribution in [2.45, 2.75) is 38.9 Å². The van der Waals surface area contributed by atoms with E-state index < -0.39 is 11.2 Å². The van der Waals surface area contributed by atoms with E-state index in [0.29, 0.717) is 5.70 Å². The largest absolute Gasteiger partial charge is 0.311 e. The summed E-state index contributed by atoms with van der Waals surface area (Å²) in [6.45, 7) is 7.00. The molecule has 2 N–H and O–H groups in total. The van der Waals surface area contributed by atoms with Crippen molar-refractivity contribution in [2.75, 3.05) is 7.05 Å². The maximum Gasteiger partial charge on any atom is 0.136 e. The summed E-state index contributed by atoms with van der Waals surface area (Å²) < 4.78 is 0. The normalized spacial score (nSPS) is 28.2. The van der Waals surface area contributed by atoms with Crippen molar-refractivity contribution in [3.8, 4) is 0 Å². The van der Waals surface area contributed by atoms with E-state index in [4.69, 9.17) is 0 Å². The third-order valence-corrected chi connectivity index (χ3v) is 2.72. The zero-order valence-corrected chi connectivity index (χ0v) is 9.76. The molecule has 86 valence electrons. The lowest BCUT2D eigenvalue weighted by atomic mass is 10.0. The maximum atomic E-state index is 9.94. The second-order valence-electron chi connectivity index (χ2n) is 4.51. The lowest BCUT2D eigenvalue weighted by Crippen LogP contribution is -2.49. The lowest BCUT2D eigenvalue weighted by molar-refractivity contribution is -0.255. The van der Waals surface area contributed by atoms with Gasteiger partial charge in [0.05, 0.1) is 17.4 Å². The molecule has 0 radical (unpaired) electrons. The molecule has 1 aliphatic rings. The summed E-state index contributed by atoms with van der Waals surface area (Å²) in [6, 6.07) is 0. The van der Waals surface area contributed by atoms with E-state index in [0.717, 1.165) is 10.1 Å². The first-order chi connectivity index (χ1) is 6.76. The van der Waals surface area contributed by atoms with Crippen molar-refractivity contribution in [3.63, 3.8) is 0 Å². The molecule has 1 heterocycles. The van der Waals surface area contributed by atoms with E-state index in [1.165, 1.54) is 6.20 Å². The zero-order chi connectivity index (χ0) is 11.9. The molecule has 1 saturated heterocycles. The van der Waals surface area contributed by atoms with Crippen molar-refractivity contribution < 1.29 is 10.4 Å². The predicted molar refractivity (Wildman–Crippen MR) is 54.3 cm³/mol.